The SMILES string of the molecule is CCNC(=NC)N1CCC2(CCOC2)C1. The van der Waals surface area contributed by atoms with Crippen molar-refractivity contribution in [2.24, 2.45) is 10.4 Å². The van der Waals surface area contributed by atoms with E-state index in [9.17, 15) is 0 Å². The molecule has 2 fully saturated rings. The first-order valence-electron chi connectivity index (χ1n) is 5.83. The van der Waals surface area contributed by atoms with Crippen molar-refractivity contribution in [1.29, 1.82) is 0 Å². The molecule has 2 rings (SSSR count). The smallest absolute Gasteiger partial charge is 0.193 e. The van der Waals surface area contributed by atoms with E-state index in [1.807, 2.05) is 7.05 Å². The first-order valence-corrected chi connectivity index (χ1v) is 5.83. The van der Waals surface area contributed by atoms with Gasteiger partial charge < -0.3 is 15.0 Å². The average Bonchev–Trinajstić information content (AvgIpc) is 2.86. The van der Waals surface area contributed by atoms with Crippen LogP contribution in [0.4, 0.5) is 0 Å². The molecule has 1 spiro atoms. The topological polar surface area (TPSA) is 36.9 Å². The lowest BCUT2D eigenvalue weighted by Gasteiger charge is -2.24. The largest absolute Gasteiger partial charge is 0.381 e. The number of nitrogens with zero attached hydrogens (tertiary/aromatic N) is 2. The molecule has 2 saturated heterocycles. The maximum Gasteiger partial charge on any atom is 0.193 e. The van der Waals surface area contributed by atoms with Gasteiger partial charge in [0.05, 0.1) is 6.61 Å². The van der Waals surface area contributed by atoms with Crippen LogP contribution in [0.2, 0.25) is 0 Å². The summed E-state index contributed by atoms with van der Waals surface area (Å²) in [5.41, 5.74) is 0.422. The summed E-state index contributed by atoms with van der Waals surface area (Å²) in [6.45, 7) is 7.14. The van der Waals surface area contributed by atoms with E-state index in [1.54, 1.807) is 0 Å². The zero-order valence-corrected chi connectivity index (χ0v) is 9.75. The van der Waals surface area contributed by atoms with E-state index in [0.29, 0.717) is 5.41 Å². The number of likely N-dealkylation sites (tertiary alicyclic amines) is 1. The van der Waals surface area contributed by atoms with Gasteiger partial charge in [-0.3, -0.25) is 4.99 Å². The molecular weight excluding hydrogens is 190 g/mol. The lowest BCUT2D eigenvalue weighted by atomic mass is 9.87. The van der Waals surface area contributed by atoms with Crippen LogP contribution in [0.5, 0.6) is 0 Å². The van der Waals surface area contributed by atoms with Gasteiger partial charge >= 0.3 is 0 Å². The fraction of sp³-hybridized carbons (Fsp3) is 0.909. The van der Waals surface area contributed by atoms with Crippen LogP contribution in [-0.4, -0.2) is 50.8 Å². The van der Waals surface area contributed by atoms with E-state index in [1.165, 1.54) is 12.8 Å². The van der Waals surface area contributed by atoms with Crippen molar-refractivity contribution in [3.05, 3.63) is 0 Å². The Labute approximate surface area is 91.7 Å². The lowest BCUT2D eigenvalue weighted by molar-refractivity contribution is 0.156. The van der Waals surface area contributed by atoms with Crippen LogP contribution in [0.15, 0.2) is 4.99 Å². The first-order chi connectivity index (χ1) is 7.29. The third-order valence-corrected chi connectivity index (χ3v) is 3.47. The van der Waals surface area contributed by atoms with Gasteiger partial charge in [-0.05, 0) is 19.8 Å². The summed E-state index contributed by atoms with van der Waals surface area (Å²) in [5.74, 6) is 1.04. The third kappa shape index (κ3) is 2.09. The summed E-state index contributed by atoms with van der Waals surface area (Å²) in [5, 5.41) is 3.32. The van der Waals surface area contributed by atoms with Crippen molar-refractivity contribution < 1.29 is 4.74 Å². The van der Waals surface area contributed by atoms with Gasteiger partial charge in [0, 0.05) is 38.7 Å². The number of guanidine groups is 1. The van der Waals surface area contributed by atoms with Gasteiger partial charge in [-0.25, -0.2) is 0 Å². The number of ether oxygens (including phenoxy) is 1. The van der Waals surface area contributed by atoms with E-state index >= 15 is 0 Å². The molecule has 2 aliphatic rings. The maximum atomic E-state index is 5.52. The highest BCUT2D eigenvalue weighted by Crippen LogP contribution is 2.37. The Hall–Kier alpha value is -0.770. The van der Waals surface area contributed by atoms with Crippen molar-refractivity contribution in [1.82, 2.24) is 10.2 Å². The van der Waals surface area contributed by atoms with Crippen LogP contribution in [0.3, 0.4) is 0 Å². The summed E-state index contributed by atoms with van der Waals surface area (Å²) < 4.78 is 5.52. The molecule has 86 valence electrons. The summed E-state index contributed by atoms with van der Waals surface area (Å²) in [4.78, 5) is 6.66. The second-order valence-electron chi connectivity index (χ2n) is 4.55. The van der Waals surface area contributed by atoms with Crippen molar-refractivity contribution in [2.45, 2.75) is 19.8 Å². The predicted octanol–water partition coefficient (Wildman–Crippen LogP) is 0.694. The maximum absolute atomic E-state index is 5.52. The van der Waals surface area contributed by atoms with Crippen LogP contribution in [-0.2, 0) is 4.74 Å². The van der Waals surface area contributed by atoms with Crippen molar-refractivity contribution in [3.63, 3.8) is 0 Å². The zero-order valence-electron chi connectivity index (χ0n) is 9.75. The van der Waals surface area contributed by atoms with Gasteiger partial charge in [0.2, 0.25) is 0 Å². The standard InChI is InChI=1S/C11H21N3O/c1-3-13-10(12-2)14-6-4-11(8-14)5-7-15-9-11/h3-9H2,1-2H3,(H,12,13). The molecule has 0 amide bonds. The molecular formula is C11H21N3O. The second-order valence-corrected chi connectivity index (χ2v) is 4.55. The highest BCUT2D eigenvalue weighted by molar-refractivity contribution is 5.80. The van der Waals surface area contributed by atoms with Crippen LogP contribution < -0.4 is 5.32 Å². The summed E-state index contributed by atoms with van der Waals surface area (Å²) in [6.07, 6.45) is 2.46. The molecule has 0 bridgehead atoms. The molecule has 0 aromatic heterocycles. The quantitative estimate of drug-likeness (QED) is 0.512. The summed E-state index contributed by atoms with van der Waals surface area (Å²) in [7, 11) is 1.86. The van der Waals surface area contributed by atoms with Crippen LogP contribution in [0, 0.1) is 5.41 Å². The fourth-order valence-electron chi connectivity index (χ4n) is 2.58. The molecule has 4 nitrogen and oxygen atoms in total. The Morgan fingerprint density at radius 2 is 2.40 bits per heavy atom. The minimum Gasteiger partial charge on any atom is -0.381 e. The minimum absolute atomic E-state index is 0.422. The minimum atomic E-state index is 0.422. The highest BCUT2D eigenvalue weighted by atomic mass is 16.5. The van der Waals surface area contributed by atoms with Gasteiger partial charge in [0.25, 0.3) is 0 Å². The molecule has 1 unspecified atom stereocenters. The molecule has 0 saturated carbocycles. The first kappa shape index (κ1) is 10.7. The second kappa shape index (κ2) is 4.39. The number of nitrogens with one attached hydrogen (secondary N) is 1. The van der Waals surface area contributed by atoms with Gasteiger partial charge in [0.1, 0.15) is 0 Å². The summed E-state index contributed by atoms with van der Waals surface area (Å²) in [6, 6.07) is 0. The molecule has 1 atom stereocenters. The molecule has 4 heteroatoms. The Morgan fingerprint density at radius 1 is 1.53 bits per heavy atom. The van der Waals surface area contributed by atoms with Crippen molar-refractivity contribution >= 4 is 5.96 Å². The zero-order chi connectivity index (χ0) is 10.7. The van der Waals surface area contributed by atoms with Gasteiger partial charge in [-0.1, -0.05) is 0 Å². The number of rotatable bonds is 1. The lowest BCUT2D eigenvalue weighted by Crippen LogP contribution is -2.41. The van der Waals surface area contributed by atoms with Gasteiger partial charge in [0.15, 0.2) is 5.96 Å². The Balaban J connectivity index is 1.96. The van der Waals surface area contributed by atoms with Crippen molar-refractivity contribution in [2.75, 3.05) is 39.9 Å². The van der Waals surface area contributed by atoms with E-state index in [2.05, 4.69) is 22.1 Å². The Morgan fingerprint density at radius 3 is 3.00 bits per heavy atom. The molecule has 0 radical (unpaired) electrons. The number of hydrogen-bond donors (Lipinski definition) is 1. The van der Waals surface area contributed by atoms with E-state index in [4.69, 9.17) is 4.74 Å². The van der Waals surface area contributed by atoms with E-state index in [-0.39, 0.29) is 0 Å². The van der Waals surface area contributed by atoms with Crippen LogP contribution >= 0.6 is 0 Å². The molecule has 0 aromatic carbocycles. The van der Waals surface area contributed by atoms with Gasteiger partial charge in [-0.2, -0.15) is 0 Å². The Bertz CT molecular complexity index is 246. The van der Waals surface area contributed by atoms with Crippen molar-refractivity contribution in [3.8, 4) is 0 Å². The van der Waals surface area contributed by atoms with Crippen LogP contribution in [0.25, 0.3) is 0 Å². The fourth-order valence-corrected chi connectivity index (χ4v) is 2.58. The molecule has 2 heterocycles. The molecule has 0 aromatic rings. The normalized spacial score (nSPS) is 31.6. The van der Waals surface area contributed by atoms with E-state index in [0.717, 1.165) is 38.8 Å². The third-order valence-electron chi connectivity index (χ3n) is 3.47. The summed E-state index contributed by atoms with van der Waals surface area (Å²) >= 11 is 0. The molecule has 0 aliphatic carbocycles. The molecule has 2 aliphatic heterocycles. The predicted molar refractivity (Wildman–Crippen MR) is 61.1 cm³/mol. The van der Waals surface area contributed by atoms with E-state index < -0.39 is 0 Å². The number of hydrogen-bond acceptors (Lipinski definition) is 2. The Kier molecular flexibility index (Phi) is 3.14. The molecule has 15 heavy (non-hydrogen) atoms. The highest BCUT2D eigenvalue weighted by Gasteiger charge is 2.42. The number of aliphatic imine (C=N–C) groups is 1. The van der Waals surface area contributed by atoms with Gasteiger partial charge in [-0.15, -0.1) is 0 Å². The molecule has 1 N–H and O–H groups in total. The monoisotopic (exact) mass is 211 g/mol. The average molecular weight is 211 g/mol. The van der Waals surface area contributed by atoms with Crippen LogP contribution in [0.1, 0.15) is 19.8 Å².